The highest BCUT2D eigenvalue weighted by Gasteiger charge is 1.96. The van der Waals surface area contributed by atoms with Crippen LogP contribution < -0.4 is 0 Å². The quantitative estimate of drug-likeness (QED) is 0.295. The minimum absolute atomic E-state index is 0.931. The molecular weight excluding hydrogens is 324 g/mol. The lowest BCUT2D eigenvalue weighted by Gasteiger charge is -1.99. The van der Waals surface area contributed by atoms with E-state index in [1.54, 1.807) is 0 Å². The summed E-state index contributed by atoms with van der Waals surface area (Å²) in [5, 5.41) is 27.5. The Kier molecular flexibility index (Phi) is 5.58. The molecule has 4 heteroatoms. The molecule has 0 fully saturated rings. The Labute approximate surface area is 151 Å². The van der Waals surface area contributed by atoms with Crippen molar-refractivity contribution in [1.29, 1.82) is 0 Å². The first-order valence-electron chi connectivity index (χ1n) is 8.14. The van der Waals surface area contributed by atoms with Gasteiger partial charge >= 0.3 is 0 Å². The summed E-state index contributed by atoms with van der Waals surface area (Å²) >= 11 is 0. The Morgan fingerprint density at radius 1 is 0.500 bits per heavy atom. The number of hydrogen-bond acceptors (Lipinski definition) is 4. The lowest BCUT2D eigenvalue weighted by Crippen LogP contribution is -1.83. The minimum atomic E-state index is 0.931. The van der Waals surface area contributed by atoms with Crippen LogP contribution in [0.2, 0.25) is 0 Å². The number of nitrogens with zero attached hydrogens (tertiary/aromatic N) is 2. The standard InChI is InChI=1S/2C11H9NO/c2*13-12-8-10-6-3-5-9-4-1-2-7-11(9)10/h2*1-8,13H/b2*12-8+. The van der Waals surface area contributed by atoms with Gasteiger partial charge in [-0.3, -0.25) is 0 Å². The molecule has 4 rings (SSSR count). The smallest absolute Gasteiger partial charge is 0.0740 e. The molecule has 0 aliphatic carbocycles. The van der Waals surface area contributed by atoms with Crippen molar-refractivity contribution in [3.63, 3.8) is 0 Å². The third kappa shape index (κ3) is 3.87. The summed E-state index contributed by atoms with van der Waals surface area (Å²) in [5.41, 5.74) is 1.86. The van der Waals surface area contributed by atoms with Gasteiger partial charge in [0.1, 0.15) is 0 Å². The molecule has 0 saturated carbocycles. The minimum Gasteiger partial charge on any atom is -0.411 e. The highest BCUT2D eigenvalue weighted by molar-refractivity contribution is 6.00. The third-order valence-corrected chi connectivity index (χ3v) is 4.04. The maximum Gasteiger partial charge on any atom is 0.0740 e. The fraction of sp³-hybridized carbons (Fsp3) is 0. The van der Waals surface area contributed by atoms with Crippen LogP contribution >= 0.6 is 0 Å². The molecule has 4 aromatic carbocycles. The van der Waals surface area contributed by atoms with Gasteiger partial charge in [-0.1, -0.05) is 95.2 Å². The number of rotatable bonds is 2. The molecule has 0 heterocycles. The first kappa shape index (κ1) is 17.2. The van der Waals surface area contributed by atoms with Crippen molar-refractivity contribution in [1.82, 2.24) is 0 Å². The van der Waals surface area contributed by atoms with Gasteiger partial charge < -0.3 is 10.4 Å². The molecule has 0 spiro atoms. The Bertz CT molecular complexity index is 974. The van der Waals surface area contributed by atoms with E-state index in [9.17, 15) is 0 Å². The zero-order valence-corrected chi connectivity index (χ0v) is 14.0. The van der Waals surface area contributed by atoms with Crippen LogP contribution in [0.5, 0.6) is 0 Å². The molecule has 0 amide bonds. The Hall–Kier alpha value is -3.66. The van der Waals surface area contributed by atoms with Crippen molar-refractivity contribution in [2.45, 2.75) is 0 Å². The van der Waals surface area contributed by atoms with Crippen LogP contribution in [0.1, 0.15) is 11.1 Å². The van der Waals surface area contributed by atoms with E-state index in [4.69, 9.17) is 10.4 Å². The van der Waals surface area contributed by atoms with E-state index >= 15 is 0 Å². The summed E-state index contributed by atoms with van der Waals surface area (Å²) in [4.78, 5) is 0. The molecule has 26 heavy (non-hydrogen) atoms. The first-order valence-corrected chi connectivity index (χ1v) is 8.14. The second-order valence-electron chi connectivity index (χ2n) is 5.63. The van der Waals surface area contributed by atoms with Crippen molar-refractivity contribution in [2.75, 3.05) is 0 Å². The van der Waals surface area contributed by atoms with E-state index in [-0.39, 0.29) is 0 Å². The SMILES string of the molecule is O/N=C/c1cccc2ccccc12.O/N=C/c1cccc2ccccc12. The molecule has 0 unspecified atom stereocenters. The van der Waals surface area contributed by atoms with Crippen molar-refractivity contribution in [2.24, 2.45) is 10.3 Å². The average Bonchev–Trinajstić information content (AvgIpc) is 2.70. The molecule has 0 radical (unpaired) electrons. The van der Waals surface area contributed by atoms with Gasteiger partial charge in [-0.2, -0.15) is 0 Å². The molecule has 0 aromatic heterocycles. The molecule has 0 aliphatic heterocycles. The molecule has 2 N–H and O–H groups in total. The largest absolute Gasteiger partial charge is 0.411 e. The van der Waals surface area contributed by atoms with Gasteiger partial charge in [-0.25, -0.2) is 0 Å². The van der Waals surface area contributed by atoms with Gasteiger partial charge in [-0.05, 0) is 21.5 Å². The van der Waals surface area contributed by atoms with Crippen LogP contribution in [0.4, 0.5) is 0 Å². The number of oxime groups is 2. The maximum atomic E-state index is 8.45. The lowest BCUT2D eigenvalue weighted by molar-refractivity contribution is 0.321. The molecular formula is C22H18N2O2. The summed E-state index contributed by atoms with van der Waals surface area (Å²) < 4.78 is 0. The van der Waals surface area contributed by atoms with Crippen LogP contribution in [-0.4, -0.2) is 22.8 Å². The van der Waals surface area contributed by atoms with E-state index in [0.717, 1.165) is 32.7 Å². The molecule has 4 aromatic rings. The predicted molar refractivity (Wildman–Crippen MR) is 107 cm³/mol. The number of benzene rings is 4. The first-order chi connectivity index (χ1) is 12.8. The molecule has 128 valence electrons. The monoisotopic (exact) mass is 342 g/mol. The van der Waals surface area contributed by atoms with Crippen LogP contribution in [0.25, 0.3) is 21.5 Å². The predicted octanol–water partition coefficient (Wildman–Crippen LogP) is 5.30. The molecule has 4 nitrogen and oxygen atoms in total. The van der Waals surface area contributed by atoms with Gasteiger partial charge in [0, 0.05) is 11.1 Å². The van der Waals surface area contributed by atoms with Gasteiger partial charge in [0.25, 0.3) is 0 Å². The van der Waals surface area contributed by atoms with Crippen molar-refractivity contribution < 1.29 is 10.4 Å². The molecule has 0 saturated heterocycles. The van der Waals surface area contributed by atoms with Crippen molar-refractivity contribution in [3.05, 3.63) is 96.1 Å². The Balaban J connectivity index is 0.000000151. The van der Waals surface area contributed by atoms with Gasteiger partial charge in [0.2, 0.25) is 0 Å². The third-order valence-electron chi connectivity index (χ3n) is 4.04. The number of hydrogen-bond donors (Lipinski definition) is 2. The highest BCUT2D eigenvalue weighted by atomic mass is 16.4. The van der Waals surface area contributed by atoms with E-state index in [1.807, 2.05) is 84.9 Å². The van der Waals surface area contributed by atoms with Crippen LogP contribution in [0.15, 0.2) is 95.2 Å². The summed E-state index contributed by atoms with van der Waals surface area (Å²) in [6, 6.07) is 27.8. The summed E-state index contributed by atoms with van der Waals surface area (Å²) in [7, 11) is 0. The zero-order valence-electron chi connectivity index (χ0n) is 14.0. The lowest BCUT2D eigenvalue weighted by atomic mass is 10.1. The van der Waals surface area contributed by atoms with Crippen LogP contribution in [0.3, 0.4) is 0 Å². The van der Waals surface area contributed by atoms with Crippen molar-refractivity contribution >= 4 is 34.0 Å². The second-order valence-corrected chi connectivity index (χ2v) is 5.63. The van der Waals surface area contributed by atoms with Crippen molar-refractivity contribution in [3.8, 4) is 0 Å². The fourth-order valence-electron chi connectivity index (χ4n) is 2.85. The van der Waals surface area contributed by atoms with Crippen LogP contribution in [0, 0.1) is 0 Å². The highest BCUT2D eigenvalue weighted by Crippen LogP contribution is 2.17. The van der Waals surface area contributed by atoms with Crippen LogP contribution in [-0.2, 0) is 0 Å². The van der Waals surface area contributed by atoms with Gasteiger partial charge in [0.05, 0.1) is 12.4 Å². The second kappa shape index (κ2) is 8.44. The maximum absolute atomic E-state index is 8.45. The summed E-state index contributed by atoms with van der Waals surface area (Å²) in [6.07, 6.45) is 2.89. The summed E-state index contributed by atoms with van der Waals surface area (Å²) in [5.74, 6) is 0. The van der Waals surface area contributed by atoms with E-state index in [2.05, 4.69) is 10.3 Å². The Morgan fingerprint density at radius 2 is 0.885 bits per heavy atom. The Morgan fingerprint density at radius 3 is 1.31 bits per heavy atom. The normalized spacial score (nSPS) is 11.1. The molecule has 0 aliphatic rings. The summed E-state index contributed by atoms with van der Waals surface area (Å²) in [6.45, 7) is 0. The average molecular weight is 342 g/mol. The number of fused-ring (bicyclic) bond motifs is 2. The molecule has 0 bridgehead atoms. The van der Waals surface area contributed by atoms with E-state index in [0.29, 0.717) is 0 Å². The van der Waals surface area contributed by atoms with Gasteiger partial charge in [0.15, 0.2) is 0 Å². The fourth-order valence-corrected chi connectivity index (χ4v) is 2.85. The van der Waals surface area contributed by atoms with Gasteiger partial charge in [-0.15, -0.1) is 0 Å². The topological polar surface area (TPSA) is 65.2 Å². The van der Waals surface area contributed by atoms with E-state index < -0.39 is 0 Å². The molecule has 0 atom stereocenters. The zero-order chi connectivity index (χ0) is 18.2. The van der Waals surface area contributed by atoms with E-state index in [1.165, 1.54) is 12.4 Å².